The van der Waals surface area contributed by atoms with Crippen molar-refractivity contribution in [3.05, 3.63) is 48.0 Å². The summed E-state index contributed by atoms with van der Waals surface area (Å²) in [6.07, 6.45) is -0.184. The van der Waals surface area contributed by atoms with E-state index in [1.54, 1.807) is 6.07 Å². The van der Waals surface area contributed by atoms with Gasteiger partial charge in [0.15, 0.2) is 16.4 Å². The van der Waals surface area contributed by atoms with Crippen LogP contribution in [0.4, 0.5) is 11.4 Å². The molecule has 0 saturated heterocycles. The molecule has 0 spiro atoms. The SMILES string of the molecule is Cc1cccc(NC(=O)C[C@@H](C)S(=O)(=O)c2ccc3c(c2)NC(=O)CO3)c1. The Labute approximate surface area is 157 Å². The van der Waals surface area contributed by atoms with Gasteiger partial charge in [-0.15, -0.1) is 0 Å². The minimum Gasteiger partial charge on any atom is -0.482 e. The Morgan fingerprint density at radius 1 is 1.26 bits per heavy atom. The Kier molecular flexibility index (Phi) is 5.18. The first-order valence-electron chi connectivity index (χ1n) is 8.43. The number of amides is 2. The van der Waals surface area contributed by atoms with E-state index in [4.69, 9.17) is 4.74 Å². The average Bonchev–Trinajstić information content (AvgIpc) is 2.60. The number of carbonyl (C=O) groups is 2. The van der Waals surface area contributed by atoms with Gasteiger partial charge in [0.1, 0.15) is 5.75 Å². The fourth-order valence-electron chi connectivity index (χ4n) is 2.78. The first-order chi connectivity index (χ1) is 12.8. The zero-order valence-electron chi connectivity index (χ0n) is 15.0. The lowest BCUT2D eigenvalue weighted by molar-refractivity contribution is -0.118. The lowest BCUT2D eigenvalue weighted by atomic mass is 10.2. The minimum atomic E-state index is -3.75. The quantitative estimate of drug-likeness (QED) is 0.820. The summed E-state index contributed by atoms with van der Waals surface area (Å²) in [5.74, 6) is -0.313. The lowest BCUT2D eigenvalue weighted by Gasteiger charge is -2.19. The molecule has 2 N–H and O–H groups in total. The monoisotopic (exact) mass is 388 g/mol. The third-order valence-electron chi connectivity index (χ3n) is 4.22. The molecule has 0 radical (unpaired) electrons. The molecule has 0 aromatic heterocycles. The van der Waals surface area contributed by atoms with Crippen molar-refractivity contribution in [2.24, 2.45) is 0 Å². The Morgan fingerprint density at radius 3 is 2.78 bits per heavy atom. The standard InChI is InChI=1S/C19H20N2O5S/c1-12-4-3-5-14(8-12)20-18(22)9-13(2)27(24,25)15-6-7-17-16(10-15)21-19(23)11-26-17/h3-8,10,13H,9,11H2,1-2H3,(H,20,22)(H,21,23)/t13-/m1/s1. The van der Waals surface area contributed by atoms with Crippen LogP contribution in [-0.4, -0.2) is 32.1 Å². The normalized spacial score (nSPS) is 14.5. The van der Waals surface area contributed by atoms with Crippen LogP contribution in [0.2, 0.25) is 0 Å². The number of nitrogens with one attached hydrogen (secondary N) is 2. The van der Waals surface area contributed by atoms with E-state index >= 15 is 0 Å². The molecule has 27 heavy (non-hydrogen) atoms. The first-order valence-corrected chi connectivity index (χ1v) is 9.97. The van der Waals surface area contributed by atoms with Gasteiger partial charge in [0.25, 0.3) is 5.91 Å². The minimum absolute atomic E-state index is 0.0305. The van der Waals surface area contributed by atoms with Gasteiger partial charge in [-0.05, 0) is 49.7 Å². The Bertz CT molecular complexity index is 1000. The zero-order chi connectivity index (χ0) is 19.6. The average molecular weight is 388 g/mol. The maximum atomic E-state index is 12.8. The van der Waals surface area contributed by atoms with Gasteiger partial charge in [0.05, 0.1) is 15.8 Å². The molecule has 2 aromatic rings. The number of fused-ring (bicyclic) bond motifs is 1. The molecule has 1 heterocycles. The summed E-state index contributed by atoms with van der Waals surface area (Å²) in [5.41, 5.74) is 1.92. The number of carbonyl (C=O) groups excluding carboxylic acids is 2. The fourth-order valence-corrected chi connectivity index (χ4v) is 4.15. The van der Waals surface area contributed by atoms with Crippen LogP contribution in [0.3, 0.4) is 0 Å². The summed E-state index contributed by atoms with van der Waals surface area (Å²) in [6, 6.07) is 11.5. The van der Waals surface area contributed by atoms with Crippen molar-refractivity contribution in [1.82, 2.24) is 0 Å². The van der Waals surface area contributed by atoms with Crippen molar-refractivity contribution in [3.8, 4) is 5.75 Å². The second-order valence-corrected chi connectivity index (χ2v) is 8.84. The smallest absolute Gasteiger partial charge is 0.262 e. The van der Waals surface area contributed by atoms with E-state index < -0.39 is 15.1 Å². The van der Waals surface area contributed by atoms with E-state index in [2.05, 4.69) is 10.6 Å². The Balaban J connectivity index is 1.73. The highest BCUT2D eigenvalue weighted by Crippen LogP contribution is 2.31. The zero-order valence-corrected chi connectivity index (χ0v) is 15.8. The van der Waals surface area contributed by atoms with E-state index in [1.165, 1.54) is 25.1 Å². The summed E-state index contributed by atoms with van der Waals surface area (Å²) >= 11 is 0. The van der Waals surface area contributed by atoms with Gasteiger partial charge in [-0.25, -0.2) is 8.42 Å². The highest BCUT2D eigenvalue weighted by atomic mass is 32.2. The third-order valence-corrected chi connectivity index (χ3v) is 6.35. The molecule has 0 aliphatic carbocycles. The van der Waals surface area contributed by atoms with Crippen molar-refractivity contribution in [2.45, 2.75) is 30.4 Å². The van der Waals surface area contributed by atoms with E-state index in [0.29, 0.717) is 17.1 Å². The maximum absolute atomic E-state index is 12.8. The van der Waals surface area contributed by atoms with E-state index in [1.807, 2.05) is 25.1 Å². The molecule has 8 heteroatoms. The molecule has 1 aliphatic rings. The Hall–Kier alpha value is -2.87. The van der Waals surface area contributed by atoms with Crippen LogP contribution >= 0.6 is 0 Å². The number of hydrogen-bond acceptors (Lipinski definition) is 5. The number of benzene rings is 2. The number of hydrogen-bond donors (Lipinski definition) is 2. The van der Waals surface area contributed by atoms with Gasteiger partial charge >= 0.3 is 0 Å². The molecule has 1 aliphatic heterocycles. The molecule has 0 fully saturated rings. The van der Waals surface area contributed by atoms with Crippen LogP contribution in [-0.2, 0) is 19.4 Å². The molecule has 0 unspecified atom stereocenters. The molecular weight excluding hydrogens is 368 g/mol. The van der Waals surface area contributed by atoms with Crippen LogP contribution < -0.4 is 15.4 Å². The Morgan fingerprint density at radius 2 is 2.04 bits per heavy atom. The van der Waals surface area contributed by atoms with Gasteiger partial charge < -0.3 is 15.4 Å². The summed E-state index contributed by atoms with van der Waals surface area (Å²) in [4.78, 5) is 23.7. The molecule has 7 nitrogen and oxygen atoms in total. The van der Waals surface area contributed by atoms with Crippen molar-refractivity contribution in [1.29, 1.82) is 0 Å². The summed E-state index contributed by atoms with van der Waals surface area (Å²) in [7, 11) is -3.75. The topological polar surface area (TPSA) is 102 Å². The molecule has 0 bridgehead atoms. The van der Waals surface area contributed by atoms with Crippen molar-refractivity contribution in [3.63, 3.8) is 0 Å². The number of anilines is 2. The first kappa shape index (κ1) is 18.9. The van der Waals surface area contributed by atoms with Gasteiger partial charge in [-0.2, -0.15) is 0 Å². The van der Waals surface area contributed by atoms with Crippen LogP contribution in [0.1, 0.15) is 18.9 Å². The summed E-state index contributed by atoms with van der Waals surface area (Å²) in [6.45, 7) is 3.29. The highest BCUT2D eigenvalue weighted by molar-refractivity contribution is 7.92. The lowest BCUT2D eigenvalue weighted by Crippen LogP contribution is -2.27. The van der Waals surface area contributed by atoms with Gasteiger partial charge in [0.2, 0.25) is 5.91 Å². The predicted molar refractivity (Wildman–Crippen MR) is 102 cm³/mol. The summed E-state index contributed by atoms with van der Waals surface area (Å²) in [5, 5.41) is 4.36. The molecular formula is C19H20N2O5S. The largest absolute Gasteiger partial charge is 0.482 e. The molecule has 2 aromatic carbocycles. The third kappa shape index (κ3) is 4.28. The van der Waals surface area contributed by atoms with Crippen molar-refractivity contribution < 1.29 is 22.7 Å². The second kappa shape index (κ2) is 7.40. The van der Waals surface area contributed by atoms with Gasteiger partial charge in [-0.1, -0.05) is 12.1 Å². The number of sulfone groups is 1. The number of rotatable bonds is 5. The van der Waals surface area contributed by atoms with Crippen LogP contribution in [0.5, 0.6) is 5.75 Å². The van der Waals surface area contributed by atoms with Gasteiger partial charge in [0, 0.05) is 12.1 Å². The van der Waals surface area contributed by atoms with Crippen LogP contribution in [0, 0.1) is 6.92 Å². The predicted octanol–water partition coefficient (Wildman–Crippen LogP) is 2.52. The highest BCUT2D eigenvalue weighted by Gasteiger charge is 2.27. The molecule has 0 saturated carbocycles. The van der Waals surface area contributed by atoms with E-state index in [-0.39, 0.29) is 29.7 Å². The molecule has 2 amide bonds. The van der Waals surface area contributed by atoms with Gasteiger partial charge in [-0.3, -0.25) is 9.59 Å². The molecule has 1 atom stereocenters. The van der Waals surface area contributed by atoms with E-state index in [0.717, 1.165) is 5.56 Å². The number of aryl methyl sites for hydroxylation is 1. The second-order valence-electron chi connectivity index (χ2n) is 6.47. The molecule has 142 valence electrons. The summed E-state index contributed by atoms with van der Waals surface area (Å²) < 4.78 is 30.8. The van der Waals surface area contributed by atoms with E-state index in [9.17, 15) is 18.0 Å². The molecule has 3 rings (SSSR count). The van der Waals surface area contributed by atoms with Crippen molar-refractivity contribution >= 4 is 33.0 Å². The van der Waals surface area contributed by atoms with Crippen LogP contribution in [0.25, 0.3) is 0 Å². The maximum Gasteiger partial charge on any atom is 0.262 e. The number of ether oxygens (including phenoxy) is 1. The fraction of sp³-hybridized carbons (Fsp3) is 0.263. The van der Waals surface area contributed by atoms with Crippen LogP contribution in [0.15, 0.2) is 47.4 Å². The van der Waals surface area contributed by atoms with Crippen molar-refractivity contribution in [2.75, 3.05) is 17.2 Å².